The van der Waals surface area contributed by atoms with Crippen LogP contribution in [0.3, 0.4) is 0 Å². The maximum atomic E-state index is 5.81. The number of epoxide rings is 2. The molecule has 0 radical (unpaired) electrons. The van der Waals surface area contributed by atoms with Crippen molar-refractivity contribution in [2.24, 2.45) is 11.8 Å². The van der Waals surface area contributed by atoms with Gasteiger partial charge in [-0.05, 0) is 70.6 Å². The summed E-state index contributed by atoms with van der Waals surface area (Å²) in [6, 6.07) is 0. The van der Waals surface area contributed by atoms with Gasteiger partial charge in [0.05, 0.1) is 23.4 Å². The van der Waals surface area contributed by atoms with E-state index < -0.39 is 0 Å². The second-order valence-electron chi connectivity index (χ2n) is 7.37. The largest absolute Gasteiger partial charge is 0.366 e. The summed E-state index contributed by atoms with van der Waals surface area (Å²) in [5.74, 6) is 1.84. The quantitative estimate of drug-likeness (QED) is 0.642. The van der Waals surface area contributed by atoms with Crippen LogP contribution in [-0.4, -0.2) is 23.4 Å². The van der Waals surface area contributed by atoms with Crippen LogP contribution in [0.5, 0.6) is 0 Å². The van der Waals surface area contributed by atoms with Crippen molar-refractivity contribution in [3.63, 3.8) is 0 Å². The second kappa shape index (κ2) is 6.58. The SMILES string of the molecule is CC.CC.CC12CC(CC3CCC4OC4(C)C3)CCC1O2. The van der Waals surface area contributed by atoms with Crippen LogP contribution in [0.1, 0.15) is 86.5 Å². The Morgan fingerprint density at radius 2 is 1.10 bits per heavy atom. The minimum absolute atomic E-state index is 0.278. The molecule has 2 nitrogen and oxygen atoms in total. The van der Waals surface area contributed by atoms with Crippen molar-refractivity contribution in [2.45, 2.75) is 110 Å². The summed E-state index contributed by atoms with van der Waals surface area (Å²) >= 11 is 0. The van der Waals surface area contributed by atoms with Crippen molar-refractivity contribution in [3.8, 4) is 0 Å². The molecule has 0 N–H and O–H groups in total. The maximum Gasteiger partial charge on any atom is 0.0923 e. The van der Waals surface area contributed by atoms with Gasteiger partial charge in [-0.3, -0.25) is 0 Å². The average molecular weight is 296 g/mol. The highest BCUT2D eigenvalue weighted by molar-refractivity contribution is 5.06. The predicted molar refractivity (Wildman–Crippen MR) is 88.6 cm³/mol. The third kappa shape index (κ3) is 3.64. The van der Waals surface area contributed by atoms with E-state index in [1.165, 1.54) is 44.9 Å². The van der Waals surface area contributed by atoms with Crippen LogP contribution < -0.4 is 0 Å². The molecule has 0 aromatic heterocycles. The monoisotopic (exact) mass is 296 g/mol. The summed E-state index contributed by atoms with van der Waals surface area (Å²) in [6.45, 7) is 12.6. The van der Waals surface area contributed by atoms with E-state index in [2.05, 4.69) is 13.8 Å². The highest BCUT2D eigenvalue weighted by Crippen LogP contribution is 2.54. The third-order valence-corrected chi connectivity index (χ3v) is 5.80. The van der Waals surface area contributed by atoms with Crippen molar-refractivity contribution in [3.05, 3.63) is 0 Å². The molecule has 2 saturated heterocycles. The molecule has 4 aliphatic rings. The molecule has 0 spiro atoms. The van der Waals surface area contributed by atoms with Gasteiger partial charge in [0.25, 0.3) is 0 Å². The van der Waals surface area contributed by atoms with E-state index in [4.69, 9.17) is 9.47 Å². The summed E-state index contributed by atoms with van der Waals surface area (Å²) < 4.78 is 11.6. The van der Waals surface area contributed by atoms with Crippen LogP contribution in [0, 0.1) is 11.8 Å². The van der Waals surface area contributed by atoms with Crippen LogP contribution in [0.4, 0.5) is 0 Å². The van der Waals surface area contributed by atoms with Crippen LogP contribution >= 0.6 is 0 Å². The topological polar surface area (TPSA) is 25.1 Å². The van der Waals surface area contributed by atoms with Gasteiger partial charge in [0.1, 0.15) is 0 Å². The number of rotatable bonds is 2. The van der Waals surface area contributed by atoms with Crippen molar-refractivity contribution in [2.75, 3.05) is 0 Å². The Hall–Kier alpha value is -0.0800. The van der Waals surface area contributed by atoms with Crippen LogP contribution in [0.25, 0.3) is 0 Å². The van der Waals surface area contributed by atoms with Gasteiger partial charge in [0, 0.05) is 0 Å². The minimum Gasteiger partial charge on any atom is -0.366 e. The molecule has 0 amide bonds. The fourth-order valence-electron chi connectivity index (χ4n) is 4.67. The Labute approximate surface area is 132 Å². The molecule has 0 aromatic rings. The Kier molecular flexibility index (Phi) is 5.41. The molecule has 6 unspecified atom stereocenters. The second-order valence-corrected chi connectivity index (χ2v) is 7.37. The third-order valence-electron chi connectivity index (χ3n) is 5.80. The van der Waals surface area contributed by atoms with Crippen molar-refractivity contribution < 1.29 is 9.47 Å². The number of hydrogen-bond donors (Lipinski definition) is 0. The van der Waals surface area contributed by atoms with E-state index in [1.807, 2.05) is 27.7 Å². The minimum atomic E-state index is 0.278. The van der Waals surface area contributed by atoms with Gasteiger partial charge < -0.3 is 9.47 Å². The Morgan fingerprint density at radius 1 is 0.714 bits per heavy atom. The first-order valence-corrected chi connectivity index (χ1v) is 9.43. The van der Waals surface area contributed by atoms with Gasteiger partial charge in [-0.15, -0.1) is 0 Å². The molecule has 4 rings (SSSR count). The van der Waals surface area contributed by atoms with Crippen molar-refractivity contribution in [1.29, 1.82) is 0 Å². The number of ether oxygens (including phenoxy) is 2. The van der Waals surface area contributed by atoms with E-state index in [1.54, 1.807) is 0 Å². The molecule has 4 fully saturated rings. The van der Waals surface area contributed by atoms with Gasteiger partial charge in [-0.2, -0.15) is 0 Å². The van der Waals surface area contributed by atoms with Crippen LogP contribution in [0.15, 0.2) is 0 Å². The molecule has 2 aliphatic carbocycles. The summed E-state index contributed by atoms with van der Waals surface area (Å²) in [5, 5.41) is 0. The van der Waals surface area contributed by atoms with E-state index >= 15 is 0 Å². The van der Waals surface area contributed by atoms with Gasteiger partial charge in [0.2, 0.25) is 0 Å². The number of fused-ring (bicyclic) bond motifs is 2. The van der Waals surface area contributed by atoms with Crippen molar-refractivity contribution >= 4 is 0 Å². The lowest BCUT2D eigenvalue weighted by Crippen LogP contribution is -2.28. The summed E-state index contributed by atoms with van der Waals surface area (Å²) in [6.07, 6.45) is 10.7. The van der Waals surface area contributed by atoms with Gasteiger partial charge >= 0.3 is 0 Å². The first kappa shape index (κ1) is 17.3. The molecule has 0 bridgehead atoms. The van der Waals surface area contributed by atoms with E-state index in [9.17, 15) is 0 Å². The Morgan fingerprint density at radius 3 is 1.43 bits per heavy atom. The zero-order chi connectivity index (χ0) is 15.7. The van der Waals surface area contributed by atoms with E-state index in [-0.39, 0.29) is 11.2 Å². The summed E-state index contributed by atoms with van der Waals surface area (Å²) in [5.41, 5.74) is 0.556. The highest BCUT2D eigenvalue weighted by Gasteiger charge is 2.57. The molecular weight excluding hydrogens is 260 g/mol. The molecule has 2 aliphatic heterocycles. The van der Waals surface area contributed by atoms with Gasteiger partial charge in [-0.1, -0.05) is 27.7 Å². The Bertz CT molecular complexity index is 310. The molecule has 21 heavy (non-hydrogen) atoms. The molecule has 0 aromatic carbocycles. The fraction of sp³-hybridized carbons (Fsp3) is 1.00. The van der Waals surface area contributed by atoms with Gasteiger partial charge in [0.15, 0.2) is 0 Å². The first-order valence-electron chi connectivity index (χ1n) is 9.43. The molecular formula is C19H36O2. The highest BCUT2D eigenvalue weighted by atomic mass is 16.6. The molecule has 2 saturated carbocycles. The first-order chi connectivity index (χ1) is 10.1. The maximum absolute atomic E-state index is 5.81. The lowest BCUT2D eigenvalue weighted by Gasteiger charge is -2.30. The summed E-state index contributed by atoms with van der Waals surface area (Å²) in [4.78, 5) is 0. The average Bonchev–Trinajstić information content (AvgIpc) is 3.35. The zero-order valence-corrected chi connectivity index (χ0v) is 15.1. The normalized spacial score (nSPS) is 49.4. The lowest BCUT2D eigenvalue weighted by atomic mass is 9.73. The number of hydrogen-bond acceptors (Lipinski definition) is 2. The smallest absolute Gasteiger partial charge is 0.0923 e. The molecule has 2 heteroatoms. The van der Waals surface area contributed by atoms with Crippen LogP contribution in [0.2, 0.25) is 0 Å². The Balaban J connectivity index is 0.000000374. The van der Waals surface area contributed by atoms with Crippen LogP contribution in [-0.2, 0) is 9.47 Å². The predicted octanol–water partition coefficient (Wildman–Crippen LogP) is 5.34. The fourth-order valence-corrected chi connectivity index (χ4v) is 4.67. The van der Waals surface area contributed by atoms with Gasteiger partial charge in [-0.25, -0.2) is 0 Å². The van der Waals surface area contributed by atoms with E-state index in [0.29, 0.717) is 12.2 Å². The standard InChI is InChI=1S/C15H24O2.2C2H6/c1-14-8-10(3-5-12(14)16-14)7-11-4-6-13-15(2,9-11)17-13;2*1-2/h10-13H,3-9H2,1-2H3;2*1-2H3. The van der Waals surface area contributed by atoms with Crippen molar-refractivity contribution in [1.82, 2.24) is 0 Å². The van der Waals surface area contributed by atoms with E-state index in [0.717, 1.165) is 11.8 Å². The summed E-state index contributed by atoms with van der Waals surface area (Å²) in [7, 11) is 0. The lowest BCUT2D eigenvalue weighted by molar-refractivity contribution is 0.208. The molecule has 2 heterocycles. The molecule has 124 valence electrons. The molecule has 6 atom stereocenters. The zero-order valence-electron chi connectivity index (χ0n) is 15.1.